The van der Waals surface area contributed by atoms with Crippen molar-refractivity contribution in [2.24, 2.45) is 0 Å². The quantitative estimate of drug-likeness (QED) is 0.249. The summed E-state index contributed by atoms with van der Waals surface area (Å²) in [4.78, 5) is 13.7. The maximum Gasteiger partial charge on any atom is 0.203 e. The standard InChI is InChI=1S/C30H36N4O2/c1-29(2,3)22-15-20(16-23(27(22)36)30(4,5)6)26(35)18-34-25-13-8-7-12-24(25)33(28(34)32)17-19-10-9-11-21(31)14-19/h7-16,32,36H,17-18,31H2,1-6H3. The van der Waals surface area contributed by atoms with E-state index in [1.54, 1.807) is 4.57 Å². The molecule has 4 N–H and O–H groups in total. The van der Waals surface area contributed by atoms with Crippen LogP contribution in [0.25, 0.3) is 11.0 Å². The van der Waals surface area contributed by atoms with Gasteiger partial charge in [-0.15, -0.1) is 0 Å². The normalized spacial score (nSPS) is 12.3. The van der Waals surface area contributed by atoms with E-state index >= 15 is 0 Å². The number of para-hydroxylation sites is 2. The van der Waals surface area contributed by atoms with E-state index in [1.807, 2.05) is 107 Å². The summed E-state index contributed by atoms with van der Waals surface area (Å²) in [5, 5.41) is 20.0. The van der Waals surface area contributed by atoms with Gasteiger partial charge in [0.1, 0.15) is 5.75 Å². The first-order valence-electron chi connectivity index (χ1n) is 12.3. The average Bonchev–Trinajstić information content (AvgIpc) is 3.03. The molecule has 6 heteroatoms. The van der Waals surface area contributed by atoms with Gasteiger partial charge in [-0.05, 0) is 52.8 Å². The second-order valence-corrected chi connectivity index (χ2v) is 11.6. The van der Waals surface area contributed by atoms with Crippen LogP contribution in [0.1, 0.15) is 68.6 Å². The number of hydrogen-bond acceptors (Lipinski definition) is 4. The molecule has 4 aromatic rings. The number of carbonyl (C=O) groups excluding carboxylic acids is 1. The zero-order valence-corrected chi connectivity index (χ0v) is 22.0. The number of nitrogens with zero attached hydrogens (tertiary/aromatic N) is 2. The van der Waals surface area contributed by atoms with Crippen molar-refractivity contribution in [3.8, 4) is 5.75 Å². The number of phenolic OH excluding ortho intramolecular Hbond substituents is 1. The summed E-state index contributed by atoms with van der Waals surface area (Å²) in [7, 11) is 0. The molecule has 0 radical (unpaired) electrons. The van der Waals surface area contributed by atoms with Crippen LogP contribution in [0.15, 0.2) is 60.7 Å². The van der Waals surface area contributed by atoms with Gasteiger partial charge in [-0.25, -0.2) is 0 Å². The van der Waals surface area contributed by atoms with Gasteiger partial charge in [-0.2, -0.15) is 0 Å². The number of imidazole rings is 1. The highest BCUT2D eigenvalue weighted by molar-refractivity contribution is 5.97. The van der Waals surface area contributed by atoms with E-state index in [0.717, 1.165) is 27.7 Å². The van der Waals surface area contributed by atoms with E-state index in [0.29, 0.717) is 17.8 Å². The van der Waals surface area contributed by atoms with Gasteiger partial charge < -0.3 is 20.0 Å². The summed E-state index contributed by atoms with van der Waals surface area (Å²) in [6.45, 7) is 12.7. The third kappa shape index (κ3) is 4.81. The Hall–Kier alpha value is -3.80. The fourth-order valence-electron chi connectivity index (χ4n) is 4.66. The van der Waals surface area contributed by atoms with Crippen LogP contribution in [-0.2, 0) is 23.9 Å². The Labute approximate surface area is 212 Å². The van der Waals surface area contributed by atoms with Crippen molar-refractivity contribution < 1.29 is 9.90 Å². The molecule has 4 rings (SSSR count). The highest BCUT2D eigenvalue weighted by Crippen LogP contribution is 2.40. The van der Waals surface area contributed by atoms with E-state index in [1.165, 1.54) is 0 Å². The van der Waals surface area contributed by atoms with Gasteiger partial charge in [0.15, 0.2) is 5.78 Å². The lowest BCUT2D eigenvalue weighted by Gasteiger charge is -2.28. The fraction of sp³-hybridized carbons (Fsp3) is 0.333. The molecule has 188 valence electrons. The van der Waals surface area contributed by atoms with Gasteiger partial charge >= 0.3 is 0 Å². The van der Waals surface area contributed by atoms with E-state index in [4.69, 9.17) is 11.1 Å². The molecule has 0 spiro atoms. The molecule has 1 aromatic heterocycles. The number of hydrogen-bond donors (Lipinski definition) is 3. The minimum atomic E-state index is -0.332. The average molecular weight is 485 g/mol. The summed E-state index contributed by atoms with van der Waals surface area (Å²) in [6.07, 6.45) is 0. The molecule has 6 nitrogen and oxygen atoms in total. The Morgan fingerprint density at radius 2 is 1.42 bits per heavy atom. The molecule has 0 aliphatic rings. The van der Waals surface area contributed by atoms with Crippen LogP contribution < -0.4 is 11.4 Å². The molecule has 0 aliphatic carbocycles. The van der Waals surface area contributed by atoms with Gasteiger partial charge in [0, 0.05) is 22.4 Å². The molecular formula is C30H36N4O2. The van der Waals surface area contributed by atoms with Crippen LogP contribution in [0, 0.1) is 5.41 Å². The second kappa shape index (κ2) is 9.01. The molecule has 1 heterocycles. The highest BCUT2D eigenvalue weighted by Gasteiger charge is 2.28. The minimum Gasteiger partial charge on any atom is -0.507 e. The first-order valence-corrected chi connectivity index (χ1v) is 12.3. The number of nitrogens with two attached hydrogens (primary N) is 1. The Kier molecular flexibility index (Phi) is 6.33. The van der Waals surface area contributed by atoms with Gasteiger partial charge in [0.2, 0.25) is 5.62 Å². The maximum atomic E-state index is 13.7. The van der Waals surface area contributed by atoms with Crippen LogP contribution in [0.4, 0.5) is 5.69 Å². The minimum absolute atomic E-state index is 0.0290. The molecular weight excluding hydrogens is 448 g/mol. The number of Topliss-reactive ketones (excluding diaryl/α,β-unsaturated/α-hetero) is 1. The van der Waals surface area contributed by atoms with Crippen LogP contribution >= 0.6 is 0 Å². The van der Waals surface area contributed by atoms with Crippen molar-refractivity contribution >= 4 is 22.5 Å². The number of ketones is 1. The molecule has 0 saturated carbocycles. The van der Waals surface area contributed by atoms with Crippen LogP contribution in [0.2, 0.25) is 0 Å². The summed E-state index contributed by atoms with van der Waals surface area (Å²) in [5.41, 5.74) is 11.0. The van der Waals surface area contributed by atoms with Gasteiger partial charge in [-0.1, -0.05) is 65.8 Å². The van der Waals surface area contributed by atoms with Crippen LogP contribution in [0.3, 0.4) is 0 Å². The third-order valence-corrected chi connectivity index (χ3v) is 6.62. The van der Waals surface area contributed by atoms with Gasteiger partial charge in [0.25, 0.3) is 0 Å². The Morgan fingerprint density at radius 3 is 1.94 bits per heavy atom. The van der Waals surface area contributed by atoms with Crippen LogP contribution in [0.5, 0.6) is 5.75 Å². The van der Waals surface area contributed by atoms with Crippen molar-refractivity contribution in [3.63, 3.8) is 0 Å². The van der Waals surface area contributed by atoms with E-state index in [2.05, 4.69) is 0 Å². The zero-order valence-electron chi connectivity index (χ0n) is 22.0. The molecule has 0 atom stereocenters. The number of rotatable bonds is 5. The number of aromatic hydroxyl groups is 1. The maximum absolute atomic E-state index is 13.7. The SMILES string of the molecule is CC(C)(C)c1cc(C(=O)Cn2c(=N)n(Cc3cccc(N)c3)c3ccccc32)cc(C(C)(C)C)c1O. The summed E-state index contributed by atoms with van der Waals surface area (Å²) in [6, 6.07) is 19.0. The third-order valence-electron chi connectivity index (χ3n) is 6.62. The van der Waals surface area contributed by atoms with Gasteiger partial charge in [-0.3, -0.25) is 10.2 Å². The first kappa shape index (κ1) is 25.3. The van der Waals surface area contributed by atoms with Crippen molar-refractivity contribution in [2.45, 2.75) is 65.5 Å². The van der Waals surface area contributed by atoms with Crippen LogP contribution in [-0.4, -0.2) is 20.0 Å². The summed E-state index contributed by atoms with van der Waals surface area (Å²) in [5.74, 6) is 0.149. The largest absolute Gasteiger partial charge is 0.507 e. The molecule has 0 aliphatic heterocycles. The zero-order chi connectivity index (χ0) is 26.4. The topological polar surface area (TPSA) is 97.0 Å². The number of nitrogen functional groups attached to an aromatic ring is 1. The number of benzene rings is 3. The molecule has 0 unspecified atom stereocenters. The monoisotopic (exact) mass is 484 g/mol. The summed E-state index contributed by atoms with van der Waals surface area (Å²) < 4.78 is 3.65. The van der Waals surface area contributed by atoms with Crippen molar-refractivity contribution in [2.75, 3.05) is 5.73 Å². The highest BCUT2D eigenvalue weighted by atomic mass is 16.3. The number of nitrogens with one attached hydrogen (secondary N) is 1. The van der Waals surface area contributed by atoms with Crippen molar-refractivity contribution in [3.05, 3.63) is 88.5 Å². The predicted octanol–water partition coefficient (Wildman–Crippen LogP) is 5.74. The lowest BCUT2D eigenvalue weighted by Crippen LogP contribution is -2.28. The van der Waals surface area contributed by atoms with Gasteiger partial charge in [0.05, 0.1) is 24.1 Å². The number of fused-ring (bicyclic) bond motifs is 1. The second-order valence-electron chi connectivity index (χ2n) is 11.6. The molecule has 0 saturated heterocycles. The number of carbonyl (C=O) groups is 1. The molecule has 0 bridgehead atoms. The Balaban J connectivity index is 1.80. The summed E-state index contributed by atoms with van der Waals surface area (Å²) >= 11 is 0. The Bertz CT molecular complexity index is 1480. The number of phenols is 1. The smallest absolute Gasteiger partial charge is 0.203 e. The molecule has 0 fully saturated rings. The van der Waals surface area contributed by atoms with E-state index in [9.17, 15) is 9.90 Å². The lowest BCUT2D eigenvalue weighted by atomic mass is 9.78. The van der Waals surface area contributed by atoms with Crippen molar-refractivity contribution in [1.82, 2.24) is 9.13 Å². The molecule has 3 aromatic carbocycles. The lowest BCUT2D eigenvalue weighted by molar-refractivity contribution is 0.0971. The number of anilines is 1. The molecule has 0 amide bonds. The van der Waals surface area contributed by atoms with Crippen molar-refractivity contribution in [1.29, 1.82) is 5.41 Å². The van der Waals surface area contributed by atoms with E-state index < -0.39 is 0 Å². The van der Waals surface area contributed by atoms with E-state index in [-0.39, 0.29) is 34.5 Å². The Morgan fingerprint density at radius 1 is 0.861 bits per heavy atom. The fourth-order valence-corrected chi connectivity index (χ4v) is 4.66. The molecule has 36 heavy (non-hydrogen) atoms. The number of aromatic nitrogens is 2. The predicted molar refractivity (Wildman–Crippen MR) is 146 cm³/mol. The first-order chi connectivity index (χ1) is 16.8.